The summed E-state index contributed by atoms with van der Waals surface area (Å²) in [4.78, 5) is 23.2. The Kier molecular flexibility index (Phi) is 6.89. The van der Waals surface area contributed by atoms with E-state index in [4.69, 9.17) is 14.2 Å². The molecule has 1 aliphatic heterocycles. The molecule has 0 spiro atoms. The van der Waals surface area contributed by atoms with Crippen LogP contribution >= 0.6 is 0 Å². The summed E-state index contributed by atoms with van der Waals surface area (Å²) in [5.41, 5.74) is 0.752. The summed E-state index contributed by atoms with van der Waals surface area (Å²) in [6, 6.07) is 5.45. The van der Waals surface area contributed by atoms with Gasteiger partial charge in [0, 0.05) is 25.4 Å². The van der Waals surface area contributed by atoms with Gasteiger partial charge in [0.05, 0.1) is 27.9 Å². The van der Waals surface area contributed by atoms with Crippen molar-refractivity contribution in [3.8, 4) is 17.2 Å². The van der Waals surface area contributed by atoms with E-state index in [1.54, 1.807) is 45.7 Å². The Morgan fingerprint density at radius 3 is 2.45 bits per heavy atom. The van der Waals surface area contributed by atoms with Gasteiger partial charge in [-0.05, 0) is 42.7 Å². The molecule has 8 nitrogen and oxygen atoms in total. The van der Waals surface area contributed by atoms with Gasteiger partial charge in [0.1, 0.15) is 11.6 Å². The summed E-state index contributed by atoms with van der Waals surface area (Å²) in [5, 5.41) is 2.81. The van der Waals surface area contributed by atoms with Crippen molar-refractivity contribution in [3.63, 3.8) is 0 Å². The number of carbonyl (C=O) groups excluding carboxylic acids is 1. The van der Waals surface area contributed by atoms with Gasteiger partial charge in [0.2, 0.25) is 11.7 Å². The summed E-state index contributed by atoms with van der Waals surface area (Å²) >= 11 is 0. The lowest BCUT2D eigenvalue weighted by Crippen LogP contribution is -2.23. The average molecular weight is 398 g/mol. The van der Waals surface area contributed by atoms with Gasteiger partial charge >= 0.3 is 0 Å². The van der Waals surface area contributed by atoms with Gasteiger partial charge in [-0.3, -0.25) is 4.79 Å². The quantitative estimate of drug-likeness (QED) is 0.684. The van der Waals surface area contributed by atoms with Crippen molar-refractivity contribution in [3.05, 3.63) is 41.9 Å². The van der Waals surface area contributed by atoms with Crippen LogP contribution < -0.4 is 24.4 Å². The Morgan fingerprint density at radius 1 is 1.14 bits per heavy atom. The molecule has 1 N–H and O–H groups in total. The van der Waals surface area contributed by atoms with Crippen LogP contribution in [0.1, 0.15) is 24.2 Å². The summed E-state index contributed by atoms with van der Waals surface area (Å²) in [5.74, 6) is 2.82. The molecule has 29 heavy (non-hydrogen) atoms. The van der Waals surface area contributed by atoms with Crippen molar-refractivity contribution in [1.29, 1.82) is 0 Å². The van der Waals surface area contributed by atoms with Crippen LogP contribution in [-0.2, 0) is 11.3 Å². The molecule has 2 aromatic rings. The lowest BCUT2D eigenvalue weighted by molar-refractivity contribution is -0.116. The van der Waals surface area contributed by atoms with Crippen molar-refractivity contribution in [2.24, 2.45) is 0 Å². The minimum Gasteiger partial charge on any atom is -0.493 e. The molecule has 1 saturated heterocycles. The van der Waals surface area contributed by atoms with Crippen LogP contribution in [0.15, 0.2) is 30.5 Å². The highest BCUT2D eigenvalue weighted by atomic mass is 16.5. The van der Waals surface area contributed by atoms with Crippen molar-refractivity contribution < 1.29 is 19.0 Å². The Bertz CT molecular complexity index is 854. The van der Waals surface area contributed by atoms with E-state index in [0.29, 0.717) is 23.1 Å². The number of amides is 1. The molecule has 1 aromatic heterocycles. The van der Waals surface area contributed by atoms with Crippen molar-refractivity contribution in [2.45, 2.75) is 19.4 Å². The lowest BCUT2D eigenvalue weighted by atomic mass is 10.1. The van der Waals surface area contributed by atoms with E-state index in [2.05, 4.69) is 20.2 Å². The Labute approximate surface area is 170 Å². The molecule has 0 radical (unpaired) electrons. The number of aromatic nitrogens is 2. The first-order valence-corrected chi connectivity index (χ1v) is 9.47. The molecule has 154 valence electrons. The zero-order chi connectivity index (χ0) is 20.6. The standard InChI is InChI=1S/C21H26N4O4/c1-27-16-12-15(13-17(28-2)21(16)29-3)6-7-20(26)23-14-18-22-9-8-19(24-18)25-10-4-5-11-25/h6-9,12-13H,4-5,10-11,14H2,1-3H3,(H,23,26)/b7-6+. The molecule has 0 saturated carbocycles. The number of nitrogens with one attached hydrogen (secondary N) is 1. The van der Waals surface area contributed by atoms with Crippen molar-refractivity contribution >= 4 is 17.8 Å². The van der Waals surface area contributed by atoms with Crippen LogP contribution in [0.2, 0.25) is 0 Å². The van der Waals surface area contributed by atoms with E-state index in [9.17, 15) is 4.79 Å². The first kappa shape index (κ1) is 20.4. The highest BCUT2D eigenvalue weighted by Gasteiger charge is 2.14. The van der Waals surface area contributed by atoms with Gasteiger partial charge in [-0.15, -0.1) is 0 Å². The van der Waals surface area contributed by atoms with Crippen LogP contribution in [0, 0.1) is 0 Å². The number of hydrogen-bond donors (Lipinski definition) is 1. The maximum Gasteiger partial charge on any atom is 0.244 e. The zero-order valence-electron chi connectivity index (χ0n) is 17.0. The lowest BCUT2D eigenvalue weighted by Gasteiger charge is -2.16. The minimum absolute atomic E-state index is 0.242. The van der Waals surface area contributed by atoms with Crippen molar-refractivity contribution in [1.82, 2.24) is 15.3 Å². The Balaban J connectivity index is 1.62. The van der Waals surface area contributed by atoms with Gasteiger partial charge in [0.15, 0.2) is 11.5 Å². The molecule has 2 heterocycles. The molecule has 1 amide bonds. The highest BCUT2D eigenvalue weighted by molar-refractivity contribution is 5.91. The van der Waals surface area contributed by atoms with E-state index < -0.39 is 0 Å². The number of benzene rings is 1. The number of methoxy groups -OCH3 is 3. The fourth-order valence-corrected chi connectivity index (χ4v) is 3.19. The number of nitrogens with zero attached hydrogens (tertiary/aromatic N) is 3. The predicted molar refractivity (Wildman–Crippen MR) is 110 cm³/mol. The fourth-order valence-electron chi connectivity index (χ4n) is 3.19. The molecule has 0 unspecified atom stereocenters. The van der Waals surface area contributed by atoms with Gasteiger partial charge in [-0.2, -0.15) is 0 Å². The maximum atomic E-state index is 12.2. The SMILES string of the molecule is COc1cc(/C=C/C(=O)NCc2nccc(N3CCCC3)n2)cc(OC)c1OC. The molecule has 0 aliphatic carbocycles. The summed E-state index contributed by atoms with van der Waals surface area (Å²) in [6.45, 7) is 2.29. The topological polar surface area (TPSA) is 85.8 Å². The first-order chi connectivity index (χ1) is 14.1. The third kappa shape index (κ3) is 5.16. The molecule has 0 bridgehead atoms. The third-order valence-corrected chi connectivity index (χ3v) is 4.66. The van der Waals surface area contributed by atoms with Crippen LogP contribution in [0.5, 0.6) is 17.2 Å². The molecule has 0 atom stereocenters. The number of hydrogen-bond acceptors (Lipinski definition) is 7. The number of ether oxygens (including phenoxy) is 3. The largest absolute Gasteiger partial charge is 0.493 e. The second-order valence-corrected chi connectivity index (χ2v) is 6.54. The van der Waals surface area contributed by atoms with Gasteiger partial charge in [-0.1, -0.05) is 0 Å². The molecular formula is C21H26N4O4. The molecule has 1 aliphatic rings. The highest BCUT2D eigenvalue weighted by Crippen LogP contribution is 2.38. The average Bonchev–Trinajstić information content (AvgIpc) is 3.30. The molecule has 8 heteroatoms. The van der Waals surface area contributed by atoms with E-state index in [-0.39, 0.29) is 12.5 Å². The van der Waals surface area contributed by atoms with E-state index in [1.807, 2.05) is 6.07 Å². The Morgan fingerprint density at radius 2 is 1.83 bits per heavy atom. The summed E-state index contributed by atoms with van der Waals surface area (Å²) in [7, 11) is 4.64. The van der Waals surface area contributed by atoms with Crippen LogP contribution in [0.25, 0.3) is 6.08 Å². The van der Waals surface area contributed by atoms with Crippen LogP contribution in [-0.4, -0.2) is 50.3 Å². The number of carbonyl (C=O) groups is 1. The number of rotatable bonds is 8. The number of anilines is 1. The van der Waals surface area contributed by atoms with Gasteiger partial charge in [-0.25, -0.2) is 9.97 Å². The normalized spacial score (nSPS) is 13.6. The monoisotopic (exact) mass is 398 g/mol. The fraction of sp³-hybridized carbons (Fsp3) is 0.381. The summed E-state index contributed by atoms with van der Waals surface area (Å²) < 4.78 is 16.0. The van der Waals surface area contributed by atoms with Crippen molar-refractivity contribution in [2.75, 3.05) is 39.3 Å². The van der Waals surface area contributed by atoms with E-state index >= 15 is 0 Å². The second-order valence-electron chi connectivity index (χ2n) is 6.54. The van der Waals surface area contributed by atoms with Gasteiger partial charge < -0.3 is 24.4 Å². The van der Waals surface area contributed by atoms with Gasteiger partial charge in [0.25, 0.3) is 0 Å². The second kappa shape index (κ2) is 9.77. The van der Waals surface area contributed by atoms with Crippen LogP contribution in [0.4, 0.5) is 5.82 Å². The molecule has 1 fully saturated rings. The van der Waals surface area contributed by atoms with E-state index in [0.717, 1.165) is 24.5 Å². The summed E-state index contributed by atoms with van der Waals surface area (Å²) in [6.07, 6.45) is 7.23. The minimum atomic E-state index is -0.242. The molecular weight excluding hydrogens is 372 g/mol. The smallest absolute Gasteiger partial charge is 0.244 e. The predicted octanol–water partition coefficient (Wildman–Crippen LogP) is 2.43. The maximum absolute atomic E-state index is 12.2. The Hall–Kier alpha value is -3.29. The third-order valence-electron chi connectivity index (χ3n) is 4.66. The molecule has 3 rings (SSSR count). The molecule has 1 aromatic carbocycles. The zero-order valence-corrected chi connectivity index (χ0v) is 17.0. The first-order valence-electron chi connectivity index (χ1n) is 9.47. The van der Waals surface area contributed by atoms with E-state index in [1.165, 1.54) is 18.9 Å². The van der Waals surface area contributed by atoms with Crippen LogP contribution in [0.3, 0.4) is 0 Å².